The first-order chi connectivity index (χ1) is 16.4. The van der Waals surface area contributed by atoms with Gasteiger partial charge in [0.1, 0.15) is 0 Å². The molecular weight excluding hydrogens is 400 g/mol. The van der Waals surface area contributed by atoms with Crippen LogP contribution >= 0.6 is 0 Å². The van der Waals surface area contributed by atoms with E-state index in [2.05, 4.69) is 120 Å². The summed E-state index contributed by atoms with van der Waals surface area (Å²) in [6, 6.07) is 43.0. The molecule has 2 heteroatoms. The van der Waals surface area contributed by atoms with Crippen LogP contribution in [0.1, 0.15) is 0 Å². The average molecular weight is 421 g/mol. The number of aromatic nitrogens is 2. The van der Waals surface area contributed by atoms with Crippen LogP contribution in [-0.2, 0) is 0 Å². The molecule has 2 nitrogen and oxygen atoms in total. The first-order valence-electron chi connectivity index (χ1n) is 11.2. The van der Waals surface area contributed by atoms with Crippen molar-refractivity contribution >= 4 is 43.5 Å². The van der Waals surface area contributed by atoms with E-state index in [-0.39, 0.29) is 0 Å². The summed E-state index contributed by atoms with van der Waals surface area (Å²) in [5, 5.41) is 6.19. The van der Waals surface area contributed by atoms with Gasteiger partial charge in [0, 0.05) is 27.4 Å². The van der Waals surface area contributed by atoms with Crippen molar-refractivity contribution in [2.75, 3.05) is 0 Å². The number of hydrogen-bond donors (Lipinski definition) is 0. The van der Waals surface area contributed by atoms with Crippen LogP contribution in [-0.4, -0.2) is 9.55 Å². The summed E-state index contributed by atoms with van der Waals surface area (Å²) in [4.78, 5) is 5.05. The Morgan fingerprint density at radius 3 is 2.09 bits per heavy atom. The molecule has 0 aliphatic heterocycles. The molecule has 0 radical (unpaired) electrons. The van der Waals surface area contributed by atoms with E-state index in [0.29, 0.717) is 0 Å². The standard InChI is InChI=1S/C31H20N2/c1-2-11-22(12-3-1)33-29-17-9-7-15-25(29)31-24-14-6-5-13-23(24)26(20-30(31)33)28-19-18-21-10-4-8-16-27(21)32-28/h1-20H. The summed E-state index contributed by atoms with van der Waals surface area (Å²) in [6.07, 6.45) is 0. The predicted octanol–water partition coefficient (Wildman–Crippen LogP) is 8.15. The van der Waals surface area contributed by atoms with E-state index < -0.39 is 0 Å². The molecule has 0 N–H and O–H groups in total. The number of nitrogens with zero attached hydrogens (tertiary/aromatic N) is 2. The minimum absolute atomic E-state index is 0.997. The highest BCUT2D eigenvalue weighted by Gasteiger charge is 2.18. The number of para-hydroxylation sites is 3. The first kappa shape index (κ1) is 18.2. The number of fused-ring (bicyclic) bond motifs is 6. The molecule has 5 aromatic carbocycles. The Labute approximate surface area is 191 Å². The molecule has 0 saturated carbocycles. The van der Waals surface area contributed by atoms with Crippen LogP contribution in [0.4, 0.5) is 0 Å². The van der Waals surface area contributed by atoms with Crippen LogP contribution in [0, 0.1) is 0 Å². The molecule has 2 aromatic heterocycles. The van der Waals surface area contributed by atoms with Gasteiger partial charge in [0.15, 0.2) is 0 Å². The molecule has 0 atom stereocenters. The topological polar surface area (TPSA) is 17.8 Å². The van der Waals surface area contributed by atoms with Crippen LogP contribution in [0.25, 0.3) is 60.4 Å². The first-order valence-corrected chi connectivity index (χ1v) is 11.2. The quantitative estimate of drug-likeness (QED) is 0.276. The van der Waals surface area contributed by atoms with Crippen molar-refractivity contribution in [3.8, 4) is 16.9 Å². The van der Waals surface area contributed by atoms with Crippen molar-refractivity contribution in [1.29, 1.82) is 0 Å². The maximum absolute atomic E-state index is 5.05. The minimum atomic E-state index is 0.997. The van der Waals surface area contributed by atoms with E-state index >= 15 is 0 Å². The van der Waals surface area contributed by atoms with Crippen molar-refractivity contribution in [1.82, 2.24) is 9.55 Å². The van der Waals surface area contributed by atoms with Crippen LogP contribution in [0.15, 0.2) is 121 Å². The molecule has 0 saturated heterocycles. The predicted molar refractivity (Wildman–Crippen MR) is 139 cm³/mol. The highest BCUT2D eigenvalue weighted by Crippen LogP contribution is 2.41. The number of pyridine rings is 1. The largest absolute Gasteiger partial charge is 0.309 e. The third-order valence-corrected chi connectivity index (χ3v) is 6.57. The lowest BCUT2D eigenvalue weighted by Crippen LogP contribution is -1.94. The van der Waals surface area contributed by atoms with E-state index in [1.54, 1.807) is 0 Å². The van der Waals surface area contributed by atoms with Crippen molar-refractivity contribution in [2.24, 2.45) is 0 Å². The molecule has 0 bridgehead atoms. The molecule has 0 aliphatic carbocycles. The lowest BCUT2D eigenvalue weighted by Gasteiger charge is -2.12. The van der Waals surface area contributed by atoms with Gasteiger partial charge in [-0.15, -0.1) is 0 Å². The smallest absolute Gasteiger partial charge is 0.0716 e. The van der Waals surface area contributed by atoms with Crippen LogP contribution in [0.5, 0.6) is 0 Å². The Balaban J connectivity index is 1.67. The van der Waals surface area contributed by atoms with Gasteiger partial charge >= 0.3 is 0 Å². The lowest BCUT2D eigenvalue weighted by molar-refractivity contribution is 1.18. The van der Waals surface area contributed by atoms with Gasteiger partial charge in [0.05, 0.1) is 22.2 Å². The molecule has 7 rings (SSSR count). The van der Waals surface area contributed by atoms with E-state index in [4.69, 9.17) is 4.98 Å². The normalized spacial score (nSPS) is 11.6. The zero-order valence-electron chi connectivity index (χ0n) is 17.9. The highest BCUT2D eigenvalue weighted by atomic mass is 15.0. The van der Waals surface area contributed by atoms with Crippen LogP contribution in [0.2, 0.25) is 0 Å². The average Bonchev–Trinajstić information content (AvgIpc) is 3.23. The second-order valence-electron chi connectivity index (χ2n) is 8.44. The fraction of sp³-hybridized carbons (Fsp3) is 0. The molecule has 7 aromatic rings. The highest BCUT2D eigenvalue weighted by molar-refractivity contribution is 6.24. The van der Waals surface area contributed by atoms with Gasteiger partial charge in [-0.3, -0.25) is 0 Å². The second-order valence-corrected chi connectivity index (χ2v) is 8.44. The molecule has 0 unspecified atom stereocenters. The minimum Gasteiger partial charge on any atom is -0.309 e. The van der Waals surface area contributed by atoms with Crippen molar-refractivity contribution in [3.05, 3.63) is 121 Å². The van der Waals surface area contributed by atoms with Gasteiger partial charge < -0.3 is 4.57 Å². The fourth-order valence-corrected chi connectivity index (χ4v) is 5.11. The monoisotopic (exact) mass is 420 g/mol. The number of hydrogen-bond acceptors (Lipinski definition) is 1. The van der Waals surface area contributed by atoms with Gasteiger partial charge in [0.25, 0.3) is 0 Å². The van der Waals surface area contributed by atoms with E-state index in [1.807, 2.05) is 6.07 Å². The molecule has 154 valence electrons. The maximum atomic E-state index is 5.05. The van der Waals surface area contributed by atoms with Crippen LogP contribution in [0.3, 0.4) is 0 Å². The van der Waals surface area contributed by atoms with Crippen molar-refractivity contribution < 1.29 is 0 Å². The summed E-state index contributed by atoms with van der Waals surface area (Å²) in [6.45, 7) is 0. The van der Waals surface area contributed by atoms with Gasteiger partial charge in [-0.05, 0) is 47.2 Å². The van der Waals surface area contributed by atoms with Gasteiger partial charge in [0.2, 0.25) is 0 Å². The Morgan fingerprint density at radius 1 is 0.515 bits per heavy atom. The van der Waals surface area contributed by atoms with Crippen LogP contribution < -0.4 is 0 Å². The van der Waals surface area contributed by atoms with Gasteiger partial charge in [-0.1, -0.05) is 84.9 Å². The number of benzene rings is 5. The SMILES string of the molecule is c1ccc(-n2c3ccccc3c3c4ccccc4c(-c4ccc5ccccc5n4)cc32)cc1. The summed E-state index contributed by atoms with van der Waals surface area (Å²) in [5.74, 6) is 0. The lowest BCUT2D eigenvalue weighted by atomic mass is 9.97. The van der Waals surface area contributed by atoms with Crippen molar-refractivity contribution in [3.63, 3.8) is 0 Å². The molecule has 33 heavy (non-hydrogen) atoms. The molecule has 0 fully saturated rings. The molecule has 0 aliphatic rings. The van der Waals surface area contributed by atoms with Crippen molar-refractivity contribution in [2.45, 2.75) is 0 Å². The van der Waals surface area contributed by atoms with Gasteiger partial charge in [-0.25, -0.2) is 4.98 Å². The molecular formula is C31H20N2. The van der Waals surface area contributed by atoms with E-state index in [9.17, 15) is 0 Å². The zero-order valence-corrected chi connectivity index (χ0v) is 17.9. The van der Waals surface area contributed by atoms with E-state index in [0.717, 1.165) is 27.8 Å². The number of rotatable bonds is 2. The Bertz CT molecular complexity index is 1810. The Kier molecular flexibility index (Phi) is 3.88. The fourth-order valence-electron chi connectivity index (χ4n) is 5.11. The Morgan fingerprint density at radius 2 is 1.21 bits per heavy atom. The summed E-state index contributed by atoms with van der Waals surface area (Å²) in [7, 11) is 0. The summed E-state index contributed by atoms with van der Waals surface area (Å²) < 4.78 is 2.38. The molecule has 0 spiro atoms. The van der Waals surface area contributed by atoms with E-state index in [1.165, 1.54) is 32.6 Å². The second kappa shape index (κ2) is 7.04. The third kappa shape index (κ3) is 2.71. The van der Waals surface area contributed by atoms with Gasteiger partial charge in [-0.2, -0.15) is 0 Å². The molecule has 0 amide bonds. The Hall–Kier alpha value is -4.43. The zero-order chi connectivity index (χ0) is 21.8. The molecule has 2 heterocycles. The summed E-state index contributed by atoms with van der Waals surface area (Å²) in [5.41, 5.74) is 6.75. The third-order valence-electron chi connectivity index (χ3n) is 6.57. The maximum Gasteiger partial charge on any atom is 0.0716 e. The summed E-state index contributed by atoms with van der Waals surface area (Å²) >= 11 is 0.